The van der Waals surface area contributed by atoms with Crippen molar-refractivity contribution in [2.45, 2.75) is 61.0 Å². The summed E-state index contributed by atoms with van der Waals surface area (Å²) in [6, 6.07) is 13.2. The summed E-state index contributed by atoms with van der Waals surface area (Å²) in [5.41, 5.74) is 0.709. The number of likely N-dealkylation sites (tertiary alicyclic amines) is 1. The Morgan fingerprint density at radius 3 is 2.56 bits per heavy atom. The third kappa shape index (κ3) is 3.98. The molecule has 0 saturated carbocycles. The molecule has 7 nitrogen and oxygen atoms in total. The third-order valence-corrected chi connectivity index (χ3v) is 10.4. The second-order valence-corrected chi connectivity index (χ2v) is 12.5. The number of carbonyl (C=O) groups is 3. The summed E-state index contributed by atoms with van der Waals surface area (Å²) in [4.78, 5) is 42.6. The highest BCUT2D eigenvalue weighted by molar-refractivity contribution is 8.02. The minimum atomic E-state index is -0.624. The first kappa shape index (κ1) is 25.1. The van der Waals surface area contributed by atoms with Crippen molar-refractivity contribution in [2.75, 3.05) is 25.5 Å². The fraction of sp³-hybridized carbons (Fsp3) is 0.536. The average molecular weight is 510 g/mol. The van der Waals surface area contributed by atoms with Crippen LogP contribution in [0.3, 0.4) is 0 Å². The zero-order valence-corrected chi connectivity index (χ0v) is 21.8. The van der Waals surface area contributed by atoms with Crippen LogP contribution in [-0.2, 0) is 14.4 Å². The van der Waals surface area contributed by atoms with Gasteiger partial charge in [-0.15, -0.1) is 11.8 Å². The molecule has 36 heavy (non-hydrogen) atoms. The summed E-state index contributed by atoms with van der Waals surface area (Å²) in [5, 5.41) is 17.1. The van der Waals surface area contributed by atoms with Crippen LogP contribution in [0.1, 0.15) is 45.4 Å². The highest BCUT2D eigenvalue weighted by Crippen LogP contribution is 2.71. The summed E-state index contributed by atoms with van der Waals surface area (Å²) in [7, 11) is 1.62. The van der Waals surface area contributed by atoms with Crippen molar-refractivity contribution >= 4 is 45.9 Å². The highest BCUT2D eigenvalue weighted by Gasteiger charge is 2.76. The van der Waals surface area contributed by atoms with Crippen LogP contribution in [0.25, 0.3) is 10.8 Å². The average Bonchev–Trinajstić information content (AvgIpc) is 3.44. The molecule has 0 aromatic heterocycles. The number of nitrogens with one attached hydrogen (secondary N) is 2. The number of rotatable bonds is 9. The fourth-order valence-electron chi connectivity index (χ4n) is 6.75. The molecule has 0 radical (unpaired) electrons. The molecule has 1 spiro atoms. The number of amides is 3. The zero-order valence-electron chi connectivity index (χ0n) is 21.0. The highest BCUT2D eigenvalue weighted by atomic mass is 32.2. The van der Waals surface area contributed by atoms with Gasteiger partial charge in [-0.25, -0.2) is 0 Å². The molecule has 3 N–H and O–H groups in total. The molecule has 3 aliphatic heterocycles. The number of unbranched alkanes of at least 4 members (excludes halogenated alkanes) is 3. The van der Waals surface area contributed by atoms with Crippen molar-refractivity contribution in [2.24, 2.45) is 11.8 Å². The predicted molar refractivity (Wildman–Crippen MR) is 143 cm³/mol. The van der Waals surface area contributed by atoms with Crippen molar-refractivity contribution in [3.8, 4) is 0 Å². The Bertz CT molecular complexity index is 1190. The number of aliphatic hydroxyl groups excluding tert-OH is 1. The van der Waals surface area contributed by atoms with E-state index in [2.05, 4.69) is 17.6 Å². The molecular weight excluding hydrogens is 474 g/mol. The smallest absolute Gasteiger partial charge is 0.248 e. The molecule has 2 aromatic rings. The number of carbonyl (C=O) groups excluding carboxylic acids is 3. The Morgan fingerprint density at radius 1 is 1.06 bits per heavy atom. The lowest BCUT2D eigenvalue weighted by molar-refractivity contribution is -0.140. The maximum absolute atomic E-state index is 14.0. The van der Waals surface area contributed by atoms with Gasteiger partial charge in [0, 0.05) is 30.6 Å². The lowest BCUT2D eigenvalue weighted by Crippen LogP contribution is -2.52. The lowest BCUT2D eigenvalue weighted by atomic mass is 9.66. The molecule has 5 rings (SSSR count). The van der Waals surface area contributed by atoms with Crippen LogP contribution >= 0.6 is 11.8 Å². The van der Waals surface area contributed by atoms with Gasteiger partial charge in [0.1, 0.15) is 6.04 Å². The first-order valence-electron chi connectivity index (χ1n) is 13.0. The molecule has 2 bridgehead atoms. The Kier molecular flexibility index (Phi) is 6.76. The molecule has 3 fully saturated rings. The van der Waals surface area contributed by atoms with Crippen LogP contribution in [-0.4, -0.2) is 63.5 Å². The predicted octanol–water partition coefficient (Wildman–Crippen LogP) is 3.56. The summed E-state index contributed by atoms with van der Waals surface area (Å²) in [6.07, 6.45) is 4.82. The summed E-state index contributed by atoms with van der Waals surface area (Å²) >= 11 is 1.69. The minimum Gasteiger partial charge on any atom is -0.396 e. The SMILES string of the molecule is CNC(=O)[C@H]1[C@H]2C(=O)N(CCCCCCO)C(C(=O)Nc3ccc4ccccc4c3)C23CC[C@]1(C)S3. The van der Waals surface area contributed by atoms with Gasteiger partial charge in [-0.2, -0.15) is 0 Å². The van der Waals surface area contributed by atoms with E-state index in [9.17, 15) is 14.4 Å². The number of hydrogen-bond donors (Lipinski definition) is 3. The van der Waals surface area contributed by atoms with E-state index in [1.165, 1.54) is 0 Å². The topological polar surface area (TPSA) is 98.7 Å². The van der Waals surface area contributed by atoms with E-state index in [0.717, 1.165) is 49.3 Å². The molecule has 3 saturated heterocycles. The van der Waals surface area contributed by atoms with Gasteiger partial charge in [-0.3, -0.25) is 14.4 Å². The molecule has 0 aliphatic carbocycles. The Labute approximate surface area is 216 Å². The Balaban J connectivity index is 1.46. The van der Waals surface area contributed by atoms with E-state index < -0.39 is 22.6 Å². The van der Waals surface area contributed by atoms with Crippen molar-refractivity contribution in [3.05, 3.63) is 42.5 Å². The van der Waals surface area contributed by atoms with Gasteiger partial charge in [0.15, 0.2) is 0 Å². The standard InChI is InChI=1S/C28H35N3O4S/c1-27-13-14-28(36-27)22(21(27)24(33)29-2)26(35)31(15-7-3-4-8-16-32)23(28)25(34)30-20-12-11-18-9-5-6-10-19(18)17-20/h5-6,9-12,17,21-23,32H,3-4,7-8,13-16H2,1-2H3,(H,29,33)(H,30,34)/t21-,22+,23?,27+,28?/m1/s1. The number of thioether (sulfide) groups is 1. The summed E-state index contributed by atoms with van der Waals surface area (Å²) in [5.74, 6) is -1.29. The van der Waals surface area contributed by atoms with Gasteiger partial charge in [-0.05, 0) is 55.5 Å². The van der Waals surface area contributed by atoms with Crippen LogP contribution < -0.4 is 10.6 Å². The number of hydrogen-bond acceptors (Lipinski definition) is 5. The van der Waals surface area contributed by atoms with Crippen LogP contribution in [0.2, 0.25) is 0 Å². The summed E-state index contributed by atoms with van der Waals surface area (Å²) in [6.45, 7) is 2.72. The van der Waals surface area contributed by atoms with Gasteiger partial charge in [0.05, 0.1) is 16.6 Å². The van der Waals surface area contributed by atoms with E-state index in [-0.39, 0.29) is 29.1 Å². The maximum atomic E-state index is 14.0. The number of nitrogens with zero attached hydrogens (tertiary/aromatic N) is 1. The maximum Gasteiger partial charge on any atom is 0.248 e. The molecule has 8 heteroatoms. The number of aliphatic hydroxyl groups is 1. The van der Waals surface area contributed by atoms with Crippen LogP contribution in [0, 0.1) is 11.8 Å². The van der Waals surface area contributed by atoms with Crippen molar-refractivity contribution < 1.29 is 19.5 Å². The molecular formula is C28H35N3O4S. The number of anilines is 1. The second kappa shape index (κ2) is 9.71. The first-order chi connectivity index (χ1) is 17.3. The van der Waals surface area contributed by atoms with Crippen LogP contribution in [0.4, 0.5) is 5.69 Å². The van der Waals surface area contributed by atoms with E-state index in [0.29, 0.717) is 12.2 Å². The number of fused-ring (bicyclic) bond motifs is 2. The molecule has 3 aliphatic rings. The largest absolute Gasteiger partial charge is 0.396 e. The molecule has 5 atom stereocenters. The Hall–Kier alpha value is -2.58. The molecule has 2 unspecified atom stereocenters. The second-order valence-electron chi connectivity index (χ2n) is 10.6. The zero-order chi connectivity index (χ0) is 25.5. The van der Waals surface area contributed by atoms with E-state index in [1.807, 2.05) is 42.5 Å². The van der Waals surface area contributed by atoms with Crippen molar-refractivity contribution in [1.82, 2.24) is 10.2 Å². The lowest BCUT2D eigenvalue weighted by Gasteiger charge is -2.34. The normalized spacial score (nSPS) is 30.6. The summed E-state index contributed by atoms with van der Waals surface area (Å²) < 4.78 is -0.954. The van der Waals surface area contributed by atoms with Crippen LogP contribution in [0.5, 0.6) is 0 Å². The van der Waals surface area contributed by atoms with Gasteiger partial charge in [0.2, 0.25) is 17.7 Å². The van der Waals surface area contributed by atoms with E-state index >= 15 is 0 Å². The monoisotopic (exact) mass is 509 g/mol. The first-order valence-corrected chi connectivity index (χ1v) is 13.8. The molecule has 192 valence electrons. The Morgan fingerprint density at radius 2 is 1.81 bits per heavy atom. The van der Waals surface area contributed by atoms with Crippen LogP contribution in [0.15, 0.2) is 42.5 Å². The molecule has 2 aromatic carbocycles. The van der Waals surface area contributed by atoms with Gasteiger partial charge < -0.3 is 20.6 Å². The molecule has 3 amide bonds. The quantitative estimate of drug-likeness (QED) is 0.449. The van der Waals surface area contributed by atoms with Gasteiger partial charge in [0.25, 0.3) is 0 Å². The van der Waals surface area contributed by atoms with E-state index in [4.69, 9.17) is 5.11 Å². The fourth-order valence-corrected chi connectivity index (χ4v) is 9.10. The van der Waals surface area contributed by atoms with Gasteiger partial charge in [-0.1, -0.05) is 43.2 Å². The van der Waals surface area contributed by atoms with Crippen molar-refractivity contribution in [3.63, 3.8) is 0 Å². The minimum absolute atomic E-state index is 0.0691. The van der Waals surface area contributed by atoms with E-state index in [1.54, 1.807) is 23.7 Å². The van der Waals surface area contributed by atoms with Crippen molar-refractivity contribution in [1.29, 1.82) is 0 Å². The van der Waals surface area contributed by atoms with Gasteiger partial charge >= 0.3 is 0 Å². The number of benzene rings is 2. The molecule has 3 heterocycles. The third-order valence-electron chi connectivity index (χ3n) is 8.38.